The fourth-order valence-corrected chi connectivity index (χ4v) is 2.77. The van der Waals surface area contributed by atoms with Crippen molar-refractivity contribution in [2.24, 2.45) is 0 Å². The highest BCUT2D eigenvalue weighted by Crippen LogP contribution is 2.28. The molecule has 0 saturated carbocycles. The molecule has 0 atom stereocenters. The molecular weight excluding hydrogens is 368 g/mol. The minimum atomic E-state index is -1.32. The van der Waals surface area contributed by atoms with E-state index in [1.165, 1.54) is 13.2 Å². The van der Waals surface area contributed by atoms with Gasteiger partial charge in [-0.1, -0.05) is 66.7 Å². The van der Waals surface area contributed by atoms with Crippen molar-refractivity contribution in [1.82, 2.24) is 0 Å². The van der Waals surface area contributed by atoms with E-state index in [4.69, 9.17) is 9.47 Å². The number of allylic oxidation sites excluding steroid dienone is 1. The lowest BCUT2D eigenvalue weighted by atomic mass is 10.0. The molecule has 0 spiro atoms. The molecule has 0 unspecified atom stereocenters. The maximum atomic E-state index is 12.4. The summed E-state index contributed by atoms with van der Waals surface area (Å²) >= 11 is 0. The van der Waals surface area contributed by atoms with E-state index in [1.807, 2.05) is 42.5 Å². The van der Waals surface area contributed by atoms with Gasteiger partial charge in [-0.05, 0) is 34.9 Å². The van der Waals surface area contributed by atoms with E-state index in [2.05, 4.69) is 0 Å². The highest BCUT2D eigenvalue weighted by molar-refractivity contribution is 6.07. The molecule has 3 rings (SSSR count). The molecule has 5 heteroatoms. The molecule has 146 valence electrons. The summed E-state index contributed by atoms with van der Waals surface area (Å²) < 4.78 is 10.3. The van der Waals surface area contributed by atoms with Crippen LogP contribution >= 0.6 is 0 Å². The predicted octanol–water partition coefficient (Wildman–Crippen LogP) is 3.39. The van der Waals surface area contributed by atoms with Gasteiger partial charge >= 0.3 is 0 Å². The fourth-order valence-electron chi connectivity index (χ4n) is 2.77. The molecule has 0 saturated heterocycles. The normalized spacial score (nSPS) is 10.7. The molecule has 0 amide bonds. The Morgan fingerprint density at radius 2 is 1.59 bits per heavy atom. The molecule has 0 aliphatic carbocycles. The number of aliphatic carboxylic acids is 1. The number of ketones is 1. The Hall–Kier alpha value is -3.86. The molecule has 5 nitrogen and oxygen atoms in total. The van der Waals surface area contributed by atoms with Crippen molar-refractivity contribution < 1.29 is 24.2 Å². The minimum absolute atomic E-state index is 0.124. The van der Waals surface area contributed by atoms with Crippen molar-refractivity contribution in [3.8, 4) is 22.6 Å². The van der Waals surface area contributed by atoms with Crippen LogP contribution in [0, 0.1) is 0 Å². The van der Waals surface area contributed by atoms with Crippen molar-refractivity contribution >= 4 is 17.8 Å². The molecule has 0 aromatic heterocycles. The van der Waals surface area contributed by atoms with E-state index in [1.54, 1.807) is 36.4 Å². The second kappa shape index (κ2) is 9.37. The summed E-state index contributed by atoms with van der Waals surface area (Å²) in [5, 5.41) is 10.5. The van der Waals surface area contributed by atoms with Gasteiger partial charge in [0.2, 0.25) is 0 Å². The van der Waals surface area contributed by atoms with Crippen LogP contribution in [0.15, 0.2) is 78.9 Å². The third-order valence-corrected chi connectivity index (χ3v) is 4.24. The number of carbonyl (C=O) groups excluding carboxylic acids is 2. The summed E-state index contributed by atoms with van der Waals surface area (Å²) in [7, 11) is 1.45. The quantitative estimate of drug-likeness (QED) is 0.437. The first-order valence-electron chi connectivity index (χ1n) is 8.95. The SMILES string of the molecule is COc1cc(/C=C/C(=O)c2ccc(-c3ccccc3)cc2)ccc1OCC(=O)[O-]. The number of rotatable bonds is 8. The summed E-state index contributed by atoms with van der Waals surface area (Å²) in [5.74, 6) is -0.787. The molecule has 0 radical (unpaired) electrons. The first kappa shape index (κ1) is 19.9. The highest BCUT2D eigenvalue weighted by atomic mass is 16.5. The lowest BCUT2D eigenvalue weighted by Gasteiger charge is -2.11. The Bertz CT molecular complexity index is 1020. The number of carbonyl (C=O) groups is 2. The van der Waals surface area contributed by atoms with E-state index >= 15 is 0 Å². The fraction of sp³-hybridized carbons (Fsp3) is 0.0833. The van der Waals surface area contributed by atoms with Crippen molar-refractivity contribution in [2.45, 2.75) is 0 Å². The minimum Gasteiger partial charge on any atom is -0.546 e. The van der Waals surface area contributed by atoms with E-state index < -0.39 is 12.6 Å². The van der Waals surface area contributed by atoms with E-state index in [0.717, 1.165) is 16.7 Å². The van der Waals surface area contributed by atoms with Gasteiger partial charge in [-0.2, -0.15) is 0 Å². The predicted molar refractivity (Wildman–Crippen MR) is 109 cm³/mol. The summed E-state index contributed by atoms with van der Waals surface area (Å²) in [6.07, 6.45) is 3.15. The first-order valence-corrected chi connectivity index (χ1v) is 8.95. The Morgan fingerprint density at radius 1 is 0.897 bits per heavy atom. The van der Waals surface area contributed by atoms with Crippen LogP contribution in [0.2, 0.25) is 0 Å². The molecule has 0 heterocycles. The van der Waals surface area contributed by atoms with Crippen LogP contribution in [0.4, 0.5) is 0 Å². The van der Waals surface area contributed by atoms with E-state index in [0.29, 0.717) is 11.3 Å². The highest BCUT2D eigenvalue weighted by Gasteiger charge is 2.06. The van der Waals surface area contributed by atoms with Crippen LogP contribution in [0.25, 0.3) is 17.2 Å². The molecule has 0 fully saturated rings. The summed E-state index contributed by atoms with van der Waals surface area (Å²) in [4.78, 5) is 23.0. The Balaban J connectivity index is 1.70. The summed E-state index contributed by atoms with van der Waals surface area (Å²) in [5.41, 5.74) is 3.44. The van der Waals surface area contributed by atoms with Crippen molar-refractivity contribution in [2.75, 3.05) is 13.7 Å². The molecular formula is C24H19O5-. The van der Waals surface area contributed by atoms with Crippen molar-refractivity contribution in [3.05, 3.63) is 90.0 Å². The van der Waals surface area contributed by atoms with Gasteiger partial charge in [0, 0.05) is 5.56 Å². The second-order valence-electron chi connectivity index (χ2n) is 6.21. The monoisotopic (exact) mass is 387 g/mol. The first-order chi connectivity index (χ1) is 14.1. The standard InChI is InChI=1S/C24H20O5/c1-28-23-15-17(8-14-22(23)29-16-24(26)27)7-13-21(25)20-11-9-19(10-12-20)18-5-3-2-4-6-18/h2-15H,16H2,1H3,(H,26,27)/p-1/b13-7+. The van der Waals surface area contributed by atoms with Crippen molar-refractivity contribution in [1.29, 1.82) is 0 Å². The van der Waals surface area contributed by atoms with Crippen molar-refractivity contribution in [3.63, 3.8) is 0 Å². The van der Waals surface area contributed by atoms with Crippen LogP contribution in [0.5, 0.6) is 11.5 Å². The average Bonchev–Trinajstić information content (AvgIpc) is 2.77. The van der Waals surface area contributed by atoms with Gasteiger partial charge in [0.15, 0.2) is 17.3 Å². The second-order valence-corrected chi connectivity index (χ2v) is 6.21. The maximum Gasteiger partial charge on any atom is 0.185 e. The lowest BCUT2D eigenvalue weighted by Crippen LogP contribution is -2.29. The maximum absolute atomic E-state index is 12.4. The largest absolute Gasteiger partial charge is 0.546 e. The summed E-state index contributed by atoms with van der Waals surface area (Å²) in [6.45, 7) is -0.566. The van der Waals surface area contributed by atoms with Crippen LogP contribution in [-0.4, -0.2) is 25.5 Å². The van der Waals surface area contributed by atoms with Gasteiger partial charge < -0.3 is 19.4 Å². The number of carboxylic acids is 1. The van der Waals surface area contributed by atoms with Gasteiger partial charge in [0.05, 0.1) is 13.1 Å². The number of benzene rings is 3. The van der Waals surface area contributed by atoms with E-state index in [-0.39, 0.29) is 11.5 Å². The molecule has 3 aromatic rings. The lowest BCUT2D eigenvalue weighted by molar-refractivity contribution is -0.307. The van der Waals surface area contributed by atoms with Crippen LogP contribution in [0.3, 0.4) is 0 Å². The molecule has 0 aliphatic heterocycles. The Labute approximate surface area is 168 Å². The zero-order valence-corrected chi connectivity index (χ0v) is 15.8. The third kappa shape index (κ3) is 5.32. The smallest absolute Gasteiger partial charge is 0.185 e. The van der Waals surface area contributed by atoms with Gasteiger partial charge in [0.25, 0.3) is 0 Å². The molecule has 0 aliphatic rings. The summed E-state index contributed by atoms with van der Waals surface area (Å²) in [6, 6.07) is 22.3. The molecule has 0 bridgehead atoms. The number of hydrogen-bond acceptors (Lipinski definition) is 5. The Morgan fingerprint density at radius 3 is 2.24 bits per heavy atom. The zero-order chi connectivity index (χ0) is 20.6. The molecule has 29 heavy (non-hydrogen) atoms. The van der Waals surface area contributed by atoms with Crippen LogP contribution < -0.4 is 14.6 Å². The zero-order valence-electron chi connectivity index (χ0n) is 15.8. The van der Waals surface area contributed by atoms with Crippen LogP contribution in [-0.2, 0) is 4.79 Å². The number of methoxy groups -OCH3 is 1. The average molecular weight is 387 g/mol. The van der Waals surface area contributed by atoms with E-state index in [9.17, 15) is 14.7 Å². The van der Waals surface area contributed by atoms with Gasteiger partial charge in [0.1, 0.15) is 6.61 Å². The van der Waals surface area contributed by atoms with Crippen LogP contribution in [0.1, 0.15) is 15.9 Å². The Kier molecular flexibility index (Phi) is 6.43. The number of hydrogen-bond donors (Lipinski definition) is 0. The number of ether oxygens (including phenoxy) is 2. The topological polar surface area (TPSA) is 75.7 Å². The number of carboxylic acid groups (broad SMARTS) is 1. The molecule has 0 N–H and O–H groups in total. The molecule has 3 aromatic carbocycles. The van der Waals surface area contributed by atoms with Gasteiger partial charge in [-0.25, -0.2) is 0 Å². The van der Waals surface area contributed by atoms with Gasteiger partial charge in [-0.3, -0.25) is 4.79 Å². The third-order valence-electron chi connectivity index (χ3n) is 4.24. The van der Waals surface area contributed by atoms with Gasteiger partial charge in [-0.15, -0.1) is 0 Å².